The van der Waals surface area contributed by atoms with Crippen LogP contribution in [-0.2, 0) is 0 Å². The van der Waals surface area contributed by atoms with Gasteiger partial charge in [-0.25, -0.2) is 4.52 Å². The van der Waals surface area contributed by atoms with Gasteiger partial charge in [-0.05, 0) is 54.6 Å². The summed E-state index contributed by atoms with van der Waals surface area (Å²) in [6.45, 7) is 5.68. The molecule has 2 unspecified atom stereocenters. The number of benzene rings is 1. The fourth-order valence-corrected chi connectivity index (χ4v) is 3.26. The van der Waals surface area contributed by atoms with Gasteiger partial charge in [-0.2, -0.15) is 5.10 Å². The van der Waals surface area contributed by atoms with Crippen LogP contribution in [0.2, 0.25) is 5.02 Å². The molecule has 4 nitrogen and oxygen atoms in total. The van der Waals surface area contributed by atoms with Crippen LogP contribution in [0.3, 0.4) is 0 Å². The summed E-state index contributed by atoms with van der Waals surface area (Å²) in [5.74, 6) is 1.66. The van der Waals surface area contributed by atoms with Crippen molar-refractivity contribution >= 4 is 17.1 Å². The summed E-state index contributed by atoms with van der Waals surface area (Å²) in [4.78, 5) is 0. The number of aromatic nitrogens is 2. The van der Waals surface area contributed by atoms with E-state index >= 15 is 0 Å². The van der Waals surface area contributed by atoms with Crippen LogP contribution in [-0.4, -0.2) is 22.8 Å². The number of hydrogen-bond donors (Lipinski definition) is 1. The molecule has 3 aromatic rings. The van der Waals surface area contributed by atoms with Crippen LogP contribution >= 0.6 is 11.6 Å². The van der Waals surface area contributed by atoms with Crippen molar-refractivity contribution < 1.29 is 4.74 Å². The molecule has 25 heavy (non-hydrogen) atoms. The van der Waals surface area contributed by atoms with Crippen molar-refractivity contribution in [2.45, 2.75) is 20.3 Å². The van der Waals surface area contributed by atoms with E-state index in [4.69, 9.17) is 22.1 Å². The number of fused-ring (bicyclic) bond motifs is 1. The Kier molecular flexibility index (Phi) is 5.61. The molecule has 5 heteroatoms. The SMILES string of the molecule is CC(CN)CC(C)COc1ccc(-c2cnn3ccccc23)cc1Cl. The van der Waals surface area contributed by atoms with E-state index in [1.807, 2.05) is 53.3 Å². The monoisotopic (exact) mass is 357 g/mol. The molecule has 2 aromatic heterocycles. The Morgan fingerprint density at radius 3 is 2.80 bits per heavy atom. The van der Waals surface area contributed by atoms with Gasteiger partial charge in [-0.1, -0.05) is 37.6 Å². The first-order chi connectivity index (χ1) is 12.1. The summed E-state index contributed by atoms with van der Waals surface area (Å²) in [6.07, 6.45) is 4.84. The summed E-state index contributed by atoms with van der Waals surface area (Å²) in [7, 11) is 0. The van der Waals surface area contributed by atoms with Crippen LogP contribution in [0.4, 0.5) is 0 Å². The van der Waals surface area contributed by atoms with E-state index in [-0.39, 0.29) is 0 Å². The minimum Gasteiger partial charge on any atom is -0.492 e. The smallest absolute Gasteiger partial charge is 0.137 e. The normalized spacial score (nSPS) is 13.8. The molecule has 0 bridgehead atoms. The van der Waals surface area contributed by atoms with Crippen molar-refractivity contribution in [1.29, 1.82) is 0 Å². The highest BCUT2D eigenvalue weighted by Crippen LogP contribution is 2.32. The minimum absolute atomic E-state index is 0.439. The van der Waals surface area contributed by atoms with Gasteiger partial charge >= 0.3 is 0 Å². The molecular weight excluding hydrogens is 334 g/mol. The van der Waals surface area contributed by atoms with Gasteiger partial charge in [0.25, 0.3) is 0 Å². The molecule has 1 aromatic carbocycles. The first-order valence-electron chi connectivity index (χ1n) is 8.63. The molecule has 2 heterocycles. The van der Waals surface area contributed by atoms with E-state index in [9.17, 15) is 0 Å². The molecule has 0 fully saturated rings. The summed E-state index contributed by atoms with van der Waals surface area (Å²) >= 11 is 6.44. The summed E-state index contributed by atoms with van der Waals surface area (Å²) in [6, 6.07) is 11.9. The maximum Gasteiger partial charge on any atom is 0.137 e. The van der Waals surface area contributed by atoms with Crippen LogP contribution in [0, 0.1) is 11.8 Å². The highest BCUT2D eigenvalue weighted by molar-refractivity contribution is 6.32. The third kappa shape index (κ3) is 4.14. The number of hydrogen-bond acceptors (Lipinski definition) is 3. The Morgan fingerprint density at radius 2 is 2.04 bits per heavy atom. The summed E-state index contributed by atoms with van der Waals surface area (Å²) < 4.78 is 7.77. The van der Waals surface area contributed by atoms with E-state index in [1.165, 1.54) is 0 Å². The van der Waals surface area contributed by atoms with E-state index in [2.05, 4.69) is 18.9 Å². The first kappa shape index (κ1) is 17.8. The van der Waals surface area contributed by atoms with Crippen LogP contribution in [0.1, 0.15) is 20.3 Å². The van der Waals surface area contributed by atoms with Crippen LogP contribution in [0.5, 0.6) is 5.75 Å². The first-order valence-corrected chi connectivity index (χ1v) is 9.01. The van der Waals surface area contributed by atoms with Gasteiger partial charge < -0.3 is 10.5 Å². The third-order valence-electron chi connectivity index (χ3n) is 4.40. The molecule has 0 radical (unpaired) electrons. The number of nitrogens with zero attached hydrogens (tertiary/aromatic N) is 2. The molecule has 0 saturated carbocycles. The highest BCUT2D eigenvalue weighted by Gasteiger charge is 2.12. The van der Waals surface area contributed by atoms with Crippen molar-refractivity contribution in [3.63, 3.8) is 0 Å². The largest absolute Gasteiger partial charge is 0.492 e. The Labute approximate surface area is 153 Å². The maximum atomic E-state index is 6.44. The van der Waals surface area contributed by atoms with Gasteiger partial charge in [-0.3, -0.25) is 0 Å². The molecule has 0 aliphatic carbocycles. The fraction of sp³-hybridized carbons (Fsp3) is 0.350. The van der Waals surface area contributed by atoms with Crippen molar-refractivity contribution in [3.05, 3.63) is 53.8 Å². The lowest BCUT2D eigenvalue weighted by Crippen LogP contribution is -2.17. The van der Waals surface area contributed by atoms with E-state index in [0.29, 0.717) is 35.8 Å². The van der Waals surface area contributed by atoms with Gasteiger partial charge in [0, 0.05) is 11.8 Å². The number of pyridine rings is 1. The quantitative estimate of drug-likeness (QED) is 0.669. The molecule has 132 valence electrons. The van der Waals surface area contributed by atoms with Crippen molar-refractivity contribution in [2.75, 3.05) is 13.2 Å². The number of ether oxygens (including phenoxy) is 1. The zero-order chi connectivity index (χ0) is 17.8. The molecule has 0 spiro atoms. The maximum absolute atomic E-state index is 6.44. The summed E-state index contributed by atoms with van der Waals surface area (Å²) in [5.41, 5.74) is 8.82. The molecule has 2 N–H and O–H groups in total. The number of nitrogens with two attached hydrogens (primary N) is 1. The van der Waals surface area contributed by atoms with E-state index < -0.39 is 0 Å². The second kappa shape index (κ2) is 7.89. The fourth-order valence-electron chi connectivity index (χ4n) is 3.03. The van der Waals surface area contributed by atoms with Gasteiger partial charge in [0.1, 0.15) is 5.75 Å². The van der Waals surface area contributed by atoms with Gasteiger partial charge in [0.15, 0.2) is 0 Å². The Morgan fingerprint density at radius 1 is 1.20 bits per heavy atom. The Balaban J connectivity index is 1.73. The van der Waals surface area contributed by atoms with Crippen LogP contribution in [0.25, 0.3) is 16.6 Å². The van der Waals surface area contributed by atoms with Gasteiger partial charge in [-0.15, -0.1) is 0 Å². The van der Waals surface area contributed by atoms with Crippen molar-refractivity contribution in [2.24, 2.45) is 17.6 Å². The molecule has 2 atom stereocenters. The molecule has 0 saturated heterocycles. The molecule has 3 rings (SSSR count). The second-order valence-corrected chi connectivity index (χ2v) is 7.13. The lowest BCUT2D eigenvalue weighted by molar-refractivity contribution is 0.237. The number of halogens is 1. The van der Waals surface area contributed by atoms with Crippen molar-refractivity contribution in [3.8, 4) is 16.9 Å². The Hall–Kier alpha value is -2.04. The predicted octanol–water partition coefficient (Wildman–Crippen LogP) is 4.65. The zero-order valence-electron chi connectivity index (χ0n) is 14.7. The van der Waals surface area contributed by atoms with E-state index in [0.717, 1.165) is 23.1 Å². The molecule has 0 aliphatic heterocycles. The van der Waals surface area contributed by atoms with Crippen molar-refractivity contribution in [1.82, 2.24) is 9.61 Å². The second-order valence-electron chi connectivity index (χ2n) is 6.73. The van der Waals surface area contributed by atoms with E-state index in [1.54, 1.807) is 0 Å². The third-order valence-corrected chi connectivity index (χ3v) is 4.70. The predicted molar refractivity (Wildman–Crippen MR) is 103 cm³/mol. The van der Waals surface area contributed by atoms with Crippen LogP contribution < -0.4 is 10.5 Å². The Bertz CT molecular complexity index is 846. The highest BCUT2D eigenvalue weighted by atomic mass is 35.5. The van der Waals surface area contributed by atoms with Gasteiger partial charge in [0.05, 0.1) is 23.3 Å². The number of rotatable bonds is 7. The van der Waals surface area contributed by atoms with Gasteiger partial charge in [0.2, 0.25) is 0 Å². The lowest BCUT2D eigenvalue weighted by atomic mass is 9.98. The molecular formula is C20H24ClN3O. The zero-order valence-corrected chi connectivity index (χ0v) is 15.4. The molecule has 0 amide bonds. The topological polar surface area (TPSA) is 52.5 Å². The standard InChI is InChI=1S/C20H24ClN3O/c1-14(11-22)9-15(2)13-25-20-7-6-16(10-18(20)21)17-12-23-24-8-4-3-5-19(17)24/h3-8,10,12,14-15H,9,11,13,22H2,1-2H3. The minimum atomic E-state index is 0.439. The average Bonchev–Trinajstić information content (AvgIpc) is 3.04. The summed E-state index contributed by atoms with van der Waals surface area (Å²) in [5, 5.41) is 4.99. The van der Waals surface area contributed by atoms with Crippen LogP contribution in [0.15, 0.2) is 48.8 Å². The average molecular weight is 358 g/mol. The molecule has 0 aliphatic rings. The lowest BCUT2D eigenvalue weighted by Gasteiger charge is -2.17.